The van der Waals surface area contributed by atoms with Gasteiger partial charge in [-0.05, 0) is 90.9 Å². The van der Waals surface area contributed by atoms with Crippen LogP contribution in [0.1, 0.15) is 136 Å². The van der Waals surface area contributed by atoms with Gasteiger partial charge >= 0.3 is 6.18 Å². The highest BCUT2D eigenvalue weighted by molar-refractivity contribution is 7.79. The summed E-state index contributed by atoms with van der Waals surface area (Å²) < 4.78 is 51.0. The van der Waals surface area contributed by atoms with Gasteiger partial charge < -0.3 is 19.7 Å². The fraction of sp³-hybridized carbons (Fsp3) is 0.649. The number of ether oxygens (including phenoxy) is 2. The van der Waals surface area contributed by atoms with Crippen LogP contribution in [0.2, 0.25) is 0 Å². The van der Waals surface area contributed by atoms with E-state index in [1.807, 2.05) is 6.08 Å². The fourth-order valence-electron chi connectivity index (χ4n) is 6.85. The molecule has 5 nitrogen and oxygen atoms in total. The lowest BCUT2D eigenvalue weighted by Crippen LogP contribution is -2.39. The van der Waals surface area contributed by atoms with E-state index in [0.717, 1.165) is 78.7 Å². The Morgan fingerprint density at radius 1 is 1.02 bits per heavy atom. The molecule has 0 amide bonds. The van der Waals surface area contributed by atoms with Crippen LogP contribution in [0.25, 0.3) is 5.57 Å². The van der Waals surface area contributed by atoms with Crippen LogP contribution in [0.5, 0.6) is 0 Å². The Bertz CT molecular complexity index is 1330. The summed E-state index contributed by atoms with van der Waals surface area (Å²) in [4.78, 5) is 5.21. The average Bonchev–Trinajstić information content (AvgIpc) is 3.04. The van der Waals surface area contributed by atoms with Gasteiger partial charge in [0.15, 0.2) is 0 Å². The quantitative estimate of drug-likeness (QED) is 0.285. The molecule has 2 atom stereocenters. The van der Waals surface area contributed by atoms with E-state index in [9.17, 15) is 23.4 Å². The van der Waals surface area contributed by atoms with Gasteiger partial charge in [0.25, 0.3) is 0 Å². The number of fused-ring (bicyclic) bond motifs is 1. The van der Waals surface area contributed by atoms with Gasteiger partial charge in [0.1, 0.15) is 6.10 Å². The molecule has 0 radical (unpaired) electrons. The van der Waals surface area contributed by atoms with Crippen molar-refractivity contribution in [2.45, 2.75) is 110 Å². The zero-order valence-corrected chi connectivity index (χ0v) is 28.9. The summed E-state index contributed by atoms with van der Waals surface area (Å²) in [6, 6.07) is 4.73. The van der Waals surface area contributed by atoms with Gasteiger partial charge in [-0.3, -0.25) is 4.98 Å². The summed E-state index contributed by atoms with van der Waals surface area (Å²) in [5.74, 6) is 0.0590. The van der Waals surface area contributed by atoms with Crippen molar-refractivity contribution in [2.24, 2.45) is 10.8 Å². The third-order valence-electron chi connectivity index (χ3n) is 10.1. The zero-order chi connectivity index (χ0) is 33.7. The van der Waals surface area contributed by atoms with Crippen LogP contribution in [-0.4, -0.2) is 47.9 Å². The summed E-state index contributed by atoms with van der Waals surface area (Å²) in [5, 5.41) is 23.4. The van der Waals surface area contributed by atoms with E-state index >= 15 is 0 Å². The SMILES string of the molecule is CCC(C)(C)C.CS.OC1CC2(CCC2)Cc2nc(C3CCOCC3)c(C(O)c3ccc(C(F)(F)F)cc3)c(C3=CCOCC3)c21. The number of hydrogen-bond acceptors (Lipinski definition) is 6. The molecule has 0 bridgehead atoms. The Balaban J connectivity index is 0.000000541. The summed E-state index contributed by atoms with van der Waals surface area (Å²) in [5.41, 5.74) is 5.20. The molecule has 2 aliphatic carbocycles. The second-order valence-corrected chi connectivity index (χ2v) is 14.3. The Hall–Kier alpha value is -1.91. The number of rotatable bonds is 4. The molecule has 9 heteroatoms. The maximum atomic E-state index is 13.3. The lowest BCUT2D eigenvalue weighted by atomic mass is 9.59. The first-order valence-electron chi connectivity index (χ1n) is 16.7. The molecule has 46 heavy (non-hydrogen) atoms. The molecule has 4 aliphatic rings. The van der Waals surface area contributed by atoms with Crippen molar-refractivity contribution >= 4 is 18.2 Å². The Labute approximate surface area is 278 Å². The van der Waals surface area contributed by atoms with Gasteiger partial charge in [0.05, 0.1) is 30.6 Å². The number of pyridine rings is 1. The van der Waals surface area contributed by atoms with Crippen LogP contribution in [0.3, 0.4) is 0 Å². The lowest BCUT2D eigenvalue weighted by molar-refractivity contribution is -0.137. The summed E-state index contributed by atoms with van der Waals surface area (Å²) in [6.45, 7) is 11.1. The van der Waals surface area contributed by atoms with E-state index < -0.39 is 23.9 Å². The highest BCUT2D eigenvalue weighted by atomic mass is 32.1. The number of hydrogen-bond donors (Lipinski definition) is 3. The van der Waals surface area contributed by atoms with Gasteiger partial charge in [0.2, 0.25) is 0 Å². The van der Waals surface area contributed by atoms with E-state index in [-0.39, 0.29) is 11.3 Å². The summed E-state index contributed by atoms with van der Waals surface area (Å²) in [6.07, 6.45) is 5.59. The number of aliphatic hydroxyl groups is 2. The number of alkyl halides is 3. The minimum Gasteiger partial charge on any atom is -0.388 e. The standard InChI is InChI=1S/C30H34F3NO4.C6H14.CH4S/c31-30(32,33)21-4-2-20(3-5-21)28(36)26-24(18-6-12-37-13-7-18)25-22(16-29(10-1-11-29)17-23(25)35)34-27(26)19-8-14-38-15-9-19;1-5-6(2,3)4;1-2/h2-6,19,23,28,35-36H,1,7-17H2;5H2,1-4H3;2H,1H3. The molecule has 1 aromatic carbocycles. The van der Waals surface area contributed by atoms with E-state index in [1.165, 1.54) is 18.6 Å². The molecule has 2 aromatic rings. The smallest absolute Gasteiger partial charge is 0.388 e. The van der Waals surface area contributed by atoms with Crippen LogP contribution in [0, 0.1) is 10.8 Å². The fourth-order valence-corrected chi connectivity index (χ4v) is 6.85. The molecular formula is C37H52F3NO4S. The van der Waals surface area contributed by atoms with Gasteiger partial charge in [-0.1, -0.05) is 58.7 Å². The number of nitrogens with zero attached hydrogens (tertiary/aromatic N) is 1. The topological polar surface area (TPSA) is 71.8 Å². The van der Waals surface area contributed by atoms with Gasteiger partial charge in [-0.25, -0.2) is 0 Å². The van der Waals surface area contributed by atoms with Crippen LogP contribution >= 0.6 is 12.6 Å². The summed E-state index contributed by atoms with van der Waals surface area (Å²) >= 11 is 3.53. The Morgan fingerprint density at radius 3 is 2.15 bits per heavy atom. The highest BCUT2D eigenvalue weighted by Gasteiger charge is 2.46. The molecule has 1 aromatic heterocycles. The van der Waals surface area contributed by atoms with Crippen LogP contribution < -0.4 is 0 Å². The second kappa shape index (κ2) is 15.5. The first kappa shape index (κ1) is 36.9. The number of halogens is 3. The monoisotopic (exact) mass is 663 g/mol. The van der Waals surface area contributed by atoms with Crippen molar-refractivity contribution in [2.75, 3.05) is 32.7 Å². The largest absolute Gasteiger partial charge is 0.416 e. The lowest BCUT2D eigenvalue weighted by Gasteiger charge is -2.48. The Kier molecular flexibility index (Phi) is 12.5. The van der Waals surface area contributed by atoms with Crippen molar-refractivity contribution in [1.82, 2.24) is 4.98 Å². The predicted octanol–water partition coefficient (Wildman–Crippen LogP) is 9.02. The van der Waals surface area contributed by atoms with E-state index in [4.69, 9.17) is 14.5 Å². The average molecular weight is 664 g/mol. The maximum absolute atomic E-state index is 13.3. The van der Waals surface area contributed by atoms with Crippen molar-refractivity contribution in [3.8, 4) is 0 Å². The van der Waals surface area contributed by atoms with Crippen molar-refractivity contribution < 1.29 is 32.9 Å². The molecule has 6 rings (SSSR count). The number of benzene rings is 1. The molecule has 3 heterocycles. The van der Waals surface area contributed by atoms with Crippen molar-refractivity contribution in [3.63, 3.8) is 0 Å². The van der Waals surface area contributed by atoms with E-state index in [1.54, 1.807) is 6.26 Å². The van der Waals surface area contributed by atoms with E-state index in [0.29, 0.717) is 55.8 Å². The van der Waals surface area contributed by atoms with Gasteiger partial charge in [-0.2, -0.15) is 25.8 Å². The van der Waals surface area contributed by atoms with Crippen LogP contribution in [-0.2, 0) is 22.1 Å². The molecule has 256 valence electrons. The third-order valence-corrected chi connectivity index (χ3v) is 10.1. The molecule has 1 saturated heterocycles. The van der Waals surface area contributed by atoms with Crippen LogP contribution in [0.4, 0.5) is 13.2 Å². The first-order valence-corrected chi connectivity index (χ1v) is 17.6. The first-order chi connectivity index (χ1) is 21.8. The van der Waals surface area contributed by atoms with Crippen molar-refractivity contribution in [1.29, 1.82) is 0 Å². The molecule has 2 unspecified atom stereocenters. The number of aliphatic hydroxyl groups excluding tert-OH is 2. The van der Waals surface area contributed by atoms with E-state index in [2.05, 4.69) is 40.3 Å². The molecule has 1 spiro atoms. The highest BCUT2D eigenvalue weighted by Crippen LogP contribution is 2.55. The maximum Gasteiger partial charge on any atom is 0.416 e. The molecule has 2 fully saturated rings. The molecule has 2 aliphatic heterocycles. The minimum atomic E-state index is -4.45. The van der Waals surface area contributed by atoms with Gasteiger partial charge in [-0.15, -0.1) is 0 Å². The number of thiol groups is 1. The zero-order valence-electron chi connectivity index (χ0n) is 28.1. The second-order valence-electron chi connectivity index (χ2n) is 14.3. The van der Waals surface area contributed by atoms with Gasteiger partial charge in [0, 0.05) is 36.0 Å². The Morgan fingerprint density at radius 2 is 1.65 bits per heavy atom. The number of aromatic nitrogens is 1. The van der Waals surface area contributed by atoms with Crippen molar-refractivity contribution in [3.05, 3.63) is 69.5 Å². The molecule has 1 saturated carbocycles. The van der Waals surface area contributed by atoms with Crippen LogP contribution in [0.15, 0.2) is 30.3 Å². The molecular weight excluding hydrogens is 611 g/mol. The predicted molar refractivity (Wildman–Crippen MR) is 180 cm³/mol. The minimum absolute atomic E-state index is 0.0590. The third kappa shape index (κ3) is 8.56. The molecule has 2 N–H and O–H groups in total. The normalized spacial score (nSPS) is 21.9. The summed E-state index contributed by atoms with van der Waals surface area (Å²) in [7, 11) is 0.